The number of carbonyl (C=O) groups is 1. The molecule has 1 aromatic carbocycles. The molecule has 110 valence electrons. The van der Waals surface area contributed by atoms with E-state index in [0.717, 1.165) is 31.0 Å². The van der Waals surface area contributed by atoms with Gasteiger partial charge in [-0.05, 0) is 56.8 Å². The molecule has 1 saturated heterocycles. The molecule has 0 spiro atoms. The molecule has 2 atom stereocenters. The van der Waals surface area contributed by atoms with Crippen LogP contribution in [-0.2, 0) is 11.2 Å². The van der Waals surface area contributed by atoms with Crippen LogP contribution in [0.1, 0.15) is 31.7 Å². The van der Waals surface area contributed by atoms with Crippen LogP contribution in [0, 0.1) is 11.6 Å². The highest BCUT2D eigenvalue weighted by molar-refractivity contribution is 5.82. The lowest BCUT2D eigenvalue weighted by atomic mass is 10.1. The van der Waals surface area contributed by atoms with Gasteiger partial charge in [-0.1, -0.05) is 6.07 Å². The molecule has 1 fully saturated rings. The second kappa shape index (κ2) is 6.79. The highest BCUT2D eigenvalue weighted by Gasteiger charge is 2.22. The molecule has 2 rings (SSSR count). The van der Waals surface area contributed by atoms with Crippen molar-refractivity contribution in [1.82, 2.24) is 10.6 Å². The minimum absolute atomic E-state index is 0.0121. The Balaban J connectivity index is 1.78. The summed E-state index contributed by atoms with van der Waals surface area (Å²) < 4.78 is 25.9. The summed E-state index contributed by atoms with van der Waals surface area (Å²) in [6.45, 7) is 2.81. The van der Waals surface area contributed by atoms with Gasteiger partial charge < -0.3 is 10.6 Å². The van der Waals surface area contributed by atoms with E-state index in [1.807, 2.05) is 6.92 Å². The van der Waals surface area contributed by atoms with Crippen LogP contribution in [0.4, 0.5) is 8.78 Å². The van der Waals surface area contributed by atoms with Crippen molar-refractivity contribution in [3.63, 3.8) is 0 Å². The standard InChI is InChI=1S/C15H20F2N2O/c1-10(19-15(20)14-3-2-8-18-14)4-5-11-6-7-12(16)13(17)9-11/h6-7,9-10,14,18H,2-5,8H2,1H3,(H,19,20). The lowest BCUT2D eigenvalue weighted by molar-refractivity contribution is -0.123. The van der Waals surface area contributed by atoms with Gasteiger partial charge in [0.25, 0.3) is 0 Å². The van der Waals surface area contributed by atoms with E-state index in [-0.39, 0.29) is 18.0 Å². The molecule has 1 aliphatic rings. The van der Waals surface area contributed by atoms with Gasteiger partial charge in [-0.2, -0.15) is 0 Å². The summed E-state index contributed by atoms with van der Waals surface area (Å²) in [5, 5.41) is 6.09. The van der Waals surface area contributed by atoms with Crippen LogP contribution >= 0.6 is 0 Å². The van der Waals surface area contributed by atoms with Crippen LogP contribution in [0.25, 0.3) is 0 Å². The zero-order valence-electron chi connectivity index (χ0n) is 11.6. The Kier molecular flexibility index (Phi) is 5.06. The maximum Gasteiger partial charge on any atom is 0.237 e. The molecule has 1 heterocycles. The summed E-state index contributed by atoms with van der Waals surface area (Å²) in [5.41, 5.74) is 0.740. The Labute approximate surface area is 117 Å². The minimum atomic E-state index is -0.831. The number of rotatable bonds is 5. The molecule has 5 heteroatoms. The predicted octanol–water partition coefficient (Wildman–Crippen LogP) is 2.15. The van der Waals surface area contributed by atoms with Crippen LogP contribution in [-0.4, -0.2) is 24.5 Å². The minimum Gasteiger partial charge on any atom is -0.352 e. The fourth-order valence-electron chi connectivity index (χ4n) is 2.40. The molecule has 2 N–H and O–H groups in total. The number of amides is 1. The second-order valence-electron chi connectivity index (χ2n) is 5.35. The van der Waals surface area contributed by atoms with E-state index in [2.05, 4.69) is 10.6 Å². The van der Waals surface area contributed by atoms with E-state index >= 15 is 0 Å². The van der Waals surface area contributed by atoms with Crippen molar-refractivity contribution in [2.75, 3.05) is 6.54 Å². The van der Waals surface area contributed by atoms with Crippen molar-refractivity contribution in [1.29, 1.82) is 0 Å². The number of nitrogens with one attached hydrogen (secondary N) is 2. The number of aryl methyl sites for hydroxylation is 1. The van der Waals surface area contributed by atoms with E-state index in [0.29, 0.717) is 12.8 Å². The largest absolute Gasteiger partial charge is 0.352 e. The van der Waals surface area contributed by atoms with E-state index in [1.165, 1.54) is 6.07 Å². The number of benzene rings is 1. The van der Waals surface area contributed by atoms with Crippen molar-refractivity contribution in [2.24, 2.45) is 0 Å². The average Bonchev–Trinajstić information content (AvgIpc) is 2.94. The van der Waals surface area contributed by atoms with Crippen molar-refractivity contribution < 1.29 is 13.6 Å². The van der Waals surface area contributed by atoms with Crippen molar-refractivity contribution >= 4 is 5.91 Å². The maximum absolute atomic E-state index is 13.1. The van der Waals surface area contributed by atoms with Crippen LogP contribution in [0.3, 0.4) is 0 Å². The van der Waals surface area contributed by atoms with Gasteiger partial charge >= 0.3 is 0 Å². The topological polar surface area (TPSA) is 41.1 Å². The Morgan fingerprint density at radius 2 is 2.25 bits per heavy atom. The Morgan fingerprint density at radius 3 is 2.90 bits per heavy atom. The number of halogens is 2. The number of hydrogen-bond acceptors (Lipinski definition) is 2. The molecule has 1 aliphatic heterocycles. The zero-order valence-corrected chi connectivity index (χ0v) is 11.6. The third-order valence-electron chi connectivity index (χ3n) is 3.62. The van der Waals surface area contributed by atoms with Gasteiger partial charge in [0.2, 0.25) is 5.91 Å². The van der Waals surface area contributed by atoms with Gasteiger partial charge in [0, 0.05) is 6.04 Å². The maximum atomic E-state index is 13.1. The van der Waals surface area contributed by atoms with Crippen LogP contribution in [0.15, 0.2) is 18.2 Å². The first-order chi connectivity index (χ1) is 9.56. The molecule has 0 aliphatic carbocycles. The molecule has 20 heavy (non-hydrogen) atoms. The Morgan fingerprint density at radius 1 is 1.45 bits per heavy atom. The van der Waals surface area contributed by atoms with Gasteiger partial charge in [-0.15, -0.1) is 0 Å². The molecule has 0 radical (unpaired) electrons. The van der Waals surface area contributed by atoms with E-state index in [4.69, 9.17) is 0 Å². The molecule has 0 saturated carbocycles. The highest BCUT2D eigenvalue weighted by Crippen LogP contribution is 2.12. The molecular formula is C15H20F2N2O. The van der Waals surface area contributed by atoms with Crippen molar-refractivity contribution in [2.45, 2.75) is 44.7 Å². The van der Waals surface area contributed by atoms with Crippen LogP contribution in [0.5, 0.6) is 0 Å². The third kappa shape index (κ3) is 4.00. The van der Waals surface area contributed by atoms with Gasteiger partial charge in [0.15, 0.2) is 11.6 Å². The molecular weight excluding hydrogens is 262 g/mol. The van der Waals surface area contributed by atoms with E-state index in [1.54, 1.807) is 6.07 Å². The SMILES string of the molecule is CC(CCc1ccc(F)c(F)c1)NC(=O)C1CCCN1. The smallest absolute Gasteiger partial charge is 0.237 e. The summed E-state index contributed by atoms with van der Waals surface area (Å²) >= 11 is 0. The van der Waals surface area contributed by atoms with Gasteiger partial charge in [-0.3, -0.25) is 4.79 Å². The molecule has 1 amide bonds. The highest BCUT2D eigenvalue weighted by atomic mass is 19.2. The molecule has 2 unspecified atom stereocenters. The summed E-state index contributed by atoms with van der Waals surface area (Å²) in [6, 6.07) is 3.85. The van der Waals surface area contributed by atoms with Gasteiger partial charge in [-0.25, -0.2) is 8.78 Å². The van der Waals surface area contributed by atoms with Gasteiger partial charge in [0.1, 0.15) is 0 Å². The summed E-state index contributed by atoms with van der Waals surface area (Å²) in [5.74, 6) is -1.63. The molecule has 3 nitrogen and oxygen atoms in total. The third-order valence-corrected chi connectivity index (χ3v) is 3.62. The zero-order chi connectivity index (χ0) is 14.5. The van der Waals surface area contributed by atoms with Crippen LogP contribution < -0.4 is 10.6 Å². The lowest BCUT2D eigenvalue weighted by Gasteiger charge is -2.17. The Bertz CT molecular complexity index is 473. The summed E-state index contributed by atoms with van der Waals surface area (Å²) in [7, 11) is 0. The molecule has 0 bridgehead atoms. The fraction of sp³-hybridized carbons (Fsp3) is 0.533. The Hall–Kier alpha value is -1.49. The quantitative estimate of drug-likeness (QED) is 0.869. The van der Waals surface area contributed by atoms with E-state index < -0.39 is 11.6 Å². The van der Waals surface area contributed by atoms with Crippen molar-refractivity contribution in [3.05, 3.63) is 35.4 Å². The lowest BCUT2D eigenvalue weighted by Crippen LogP contribution is -2.44. The number of carbonyl (C=O) groups excluding carboxylic acids is 1. The first kappa shape index (κ1) is 14.9. The van der Waals surface area contributed by atoms with E-state index in [9.17, 15) is 13.6 Å². The van der Waals surface area contributed by atoms with Crippen molar-refractivity contribution in [3.8, 4) is 0 Å². The van der Waals surface area contributed by atoms with Crippen LogP contribution in [0.2, 0.25) is 0 Å². The van der Waals surface area contributed by atoms with Gasteiger partial charge in [0.05, 0.1) is 6.04 Å². The first-order valence-electron chi connectivity index (χ1n) is 7.04. The summed E-state index contributed by atoms with van der Waals surface area (Å²) in [6.07, 6.45) is 3.21. The molecule has 0 aromatic heterocycles. The second-order valence-corrected chi connectivity index (χ2v) is 5.35. The summed E-state index contributed by atoms with van der Waals surface area (Å²) in [4.78, 5) is 11.9. The normalized spacial score (nSPS) is 19.9. The number of hydrogen-bond donors (Lipinski definition) is 2. The monoisotopic (exact) mass is 282 g/mol. The average molecular weight is 282 g/mol. The predicted molar refractivity (Wildman–Crippen MR) is 73.3 cm³/mol. The first-order valence-corrected chi connectivity index (χ1v) is 7.04. The molecule has 1 aromatic rings. The fourth-order valence-corrected chi connectivity index (χ4v) is 2.40.